The summed E-state index contributed by atoms with van der Waals surface area (Å²) < 4.78 is 1.08. The molecule has 25 heavy (non-hydrogen) atoms. The first-order valence-corrected chi connectivity index (χ1v) is 10.4. The van der Waals surface area contributed by atoms with Crippen LogP contribution in [0.3, 0.4) is 0 Å². The molecule has 0 aromatic heterocycles. The average Bonchev–Trinajstić information content (AvgIpc) is 3.11. The number of carbonyl (C=O) groups excluding carboxylic acids is 1. The summed E-state index contributed by atoms with van der Waals surface area (Å²) >= 11 is 3.47. The van der Waals surface area contributed by atoms with Gasteiger partial charge in [0, 0.05) is 16.0 Å². The van der Waals surface area contributed by atoms with Gasteiger partial charge in [0.15, 0.2) is 5.78 Å². The van der Waals surface area contributed by atoms with Crippen molar-refractivity contribution >= 4 is 21.7 Å². The Balaban J connectivity index is 1.60. The van der Waals surface area contributed by atoms with Crippen LogP contribution in [-0.4, -0.2) is 5.78 Å². The molecule has 2 aromatic carbocycles. The molecular formula is C23H27BrO. The SMILES string of the molecule is CCCCC[C@H]1CC[C@H](C(=O)c2ccc(-c3ccc(Br)cc3)cc2)C1. The maximum atomic E-state index is 12.8. The van der Waals surface area contributed by atoms with Gasteiger partial charge < -0.3 is 0 Å². The summed E-state index contributed by atoms with van der Waals surface area (Å²) in [5.41, 5.74) is 3.21. The molecule has 1 fully saturated rings. The van der Waals surface area contributed by atoms with Crippen molar-refractivity contribution in [3.8, 4) is 11.1 Å². The molecular weight excluding hydrogens is 372 g/mol. The van der Waals surface area contributed by atoms with Crippen LogP contribution >= 0.6 is 15.9 Å². The molecule has 2 atom stereocenters. The number of Topliss-reactive ketones (excluding diaryl/α,β-unsaturated/α-hetero) is 1. The van der Waals surface area contributed by atoms with Crippen LogP contribution in [0, 0.1) is 11.8 Å². The predicted molar refractivity (Wildman–Crippen MR) is 109 cm³/mol. The Morgan fingerprint density at radius 3 is 2.24 bits per heavy atom. The fourth-order valence-corrected chi connectivity index (χ4v) is 4.23. The molecule has 0 unspecified atom stereocenters. The standard InChI is InChI=1S/C23H27BrO/c1-2-3-4-5-17-6-7-21(16-17)23(25)20-10-8-18(9-11-20)19-12-14-22(24)15-13-19/h8-15,17,21H,2-7,16H2,1H3/t17-,21-/m0/s1. The Labute approximate surface area is 160 Å². The van der Waals surface area contributed by atoms with E-state index in [9.17, 15) is 4.79 Å². The fraction of sp³-hybridized carbons (Fsp3) is 0.435. The zero-order chi connectivity index (χ0) is 17.6. The highest BCUT2D eigenvalue weighted by molar-refractivity contribution is 9.10. The monoisotopic (exact) mass is 398 g/mol. The molecule has 0 bridgehead atoms. The highest BCUT2D eigenvalue weighted by atomic mass is 79.9. The van der Waals surface area contributed by atoms with Gasteiger partial charge in [-0.05, 0) is 48.4 Å². The van der Waals surface area contributed by atoms with Gasteiger partial charge in [0.2, 0.25) is 0 Å². The lowest BCUT2D eigenvalue weighted by Crippen LogP contribution is -2.11. The van der Waals surface area contributed by atoms with Gasteiger partial charge >= 0.3 is 0 Å². The van der Waals surface area contributed by atoms with Crippen LogP contribution in [0.4, 0.5) is 0 Å². The molecule has 1 aliphatic rings. The topological polar surface area (TPSA) is 17.1 Å². The first kappa shape index (κ1) is 18.4. The van der Waals surface area contributed by atoms with Gasteiger partial charge in [-0.2, -0.15) is 0 Å². The van der Waals surface area contributed by atoms with Crippen molar-refractivity contribution in [3.05, 3.63) is 58.6 Å². The number of ketones is 1. The molecule has 0 radical (unpaired) electrons. The lowest BCUT2D eigenvalue weighted by molar-refractivity contribution is 0.0919. The zero-order valence-electron chi connectivity index (χ0n) is 15.0. The second-order valence-corrected chi connectivity index (χ2v) is 8.24. The van der Waals surface area contributed by atoms with Crippen molar-refractivity contribution in [1.82, 2.24) is 0 Å². The van der Waals surface area contributed by atoms with Crippen molar-refractivity contribution in [3.63, 3.8) is 0 Å². The maximum absolute atomic E-state index is 12.8. The summed E-state index contributed by atoms with van der Waals surface area (Å²) in [6.45, 7) is 2.25. The molecule has 2 aromatic rings. The Kier molecular flexibility index (Phi) is 6.47. The van der Waals surface area contributed by atoms with Gasteiger partial charge in [0.25, 0.3) is 0 Å². The summed E-state index contributed by atoms with van der Waals surface area (Å²) in [7, 11) is 0. The summed E-state index contributed by atoms with van der Waals surface area (Å²) in [5.74, 6) is 1.35. The maximum Gasteiger partial charge on any atom is 0.165 e. The normalized spacial score (nSPS) is 19.9. The molecule has 3 rings (SSSR count). The van der Waals surface area contributed by atoms with Crippen LogP contribution in [-0.2, 0) is 0 Å². The van der Waals surface area contributed by atoms with Crippen LogP contribution in [0.25, 0.3) is 11.1 Å². The third-order valence-electron chi connectivity index (χ3n) is 5.47. The molecule has 0 spiro atoms. The fourth-order valence-electron chi connectivity index (χ4n) is 3.96. The van der Waals surface area contributed by atoms with Crippen molar-refractivity contribution in [1.29, 1.82) is 0 Å². The second kappa shape index (κ2) is 8.80. The van der Waals surface area contributed by atoms with E-state index in [2.05, 4.69) is 47.1 Å². The number of carbonyl (C=O) groups is 1. The van der Waals surface area contributed by atoms with Crippen LogP contribution in [0.5, 0.6) is 0 Å². The van der Waals surface area contributed by atoms with Gasteiger partial charge in [0.1, 0.15) is 0 Å². The molecule has 0 heterocycles. The van der Waals surface area contributed by atoms with Crippen molar-refractivity contribution < 1.29 is 4.79 Å². The van der Waals surface area contributed by atoms with Crippen LogP contribution in [0.1, 0.15) is 62.2 Å². The number of rotatable bonds is 7. The quantitative estimate of drug-likeness (QED) is 0.353. The van der Waals surface area contributed by atoms with E-state index in [-0.39, 0.29) is 5.92 Å². The minimum absolute atomic E-state index is 0.241. The average molecular weight is 399 g/mol. The van der Waals surface area contributed by atoms with Crippen molar-refractivity contribution in [2.45, 2.75) is 51.9 Å². The third-order valence-corrected chi connectivity index (χ3v) is 6.00. The van der Waals surface area contributed by atoms with E-state index in [1.165, 1.54) is 37.7 Å². The van der Waals surface area contributed by atoms with Gasteiger partial charge in [-0.3, -0.25) is 4.79 Å². The highest BCUT2D eigenvalue weighted by Gasteiger charge is 2.29. The molecule has 0 aliphatic heterocycles. The van der Waals surface area contributed by atoms with Crippen LogP contribution in [0.15, 0.2) is 53.0 Å². The molecule has 1 nitrogen and oxygen atoms in total. The summed E-state index contributed by atoms with van der Waals surface area (Å²) in [6.07, 6.45) is 8.63. The van der Waals surface area contributed by atoms with Gasteiger partial charge in [-0.1, -0.05) is 84.9 Å². The van der Waals surface area contributed by atoms with E-state index >= 15 is 0 Å². The Morgan fingerprint density at radius 1 is 0.960 bits per heavy atom. The van der Waals surface area contributed by atoms with E-state index in [0.29, 0.717) is 5.78 Å². The second-order valence-electron chi connectivity index (χ2n) is 7.32. The first-order valence-electron chi connectivity index (χ1n) is 9.57. The smallest absolute Gasteiger partial charge is 0.165 e. The van der Waals surface area contributed by atoms with E-state index in [0.717, 1.165) is 34.4 Å². The largest absolute Gasteiger partial charge is 0.294 e. The zero-order valence-corrected chi connectivity index (χ0v) is 16.6. The molecule has 0 saturated heterocycles. The predicted octanol–water partition coefficient (Wildman–Crippen LogP) is 7.30. The van der Waals surface area contributed by atoms with Gasteiger partial charge in [-0.15, -0.1) is 0 Å². The van der Waals surface area contributed by atoms with Crippen molar-refractivity contribution in [2.75, 3.05) is 0 Å². The van der Waals surface area contributed by atoms with E-state index in [4.69, 9.17) is 0 Å². The molecule has 2 heteroatoms. The molecule has 0 N–H and O–H groups in total. The minimum Gasteiger partial charge on any atom is -0.294 e. The van der Waals surface area contributed by atoms with Crippen molar-refractivity contribution in [2.24, 2.45) is 11.8 Å². The first-order chi connectivity index (χ1) is 12.2. The van der Waals surface area contributed by atoms with E-state index in [1.807, 2.05) is 24.3 Å². The molecule has 0 amide bonds. The Bertz CT molecular complexity index is 687. The third kappa shape index (κ3) is 4.82. The summed E-state index contributed by atoms with van der Waals surface area (Å²) in [4.78, 5) is 12.8. The number of halogens is 1. The Hall–Kier alpha value is -1.41. The summed E-state index contributed by atoms with van der Waals surface area (Å²) in [5, 5.41) is 0. The highest BCUT2D eigenvalue weighted by Crippen LogP contribution is 2.36. The minimum atomic E-state index is 0.241. The molecule has 1 saturated carbocycles. The molecule has 132 valence electrons. The number of benzene rings is 2. The lowest BCUT2D eigenvalue weighted by Gasteiger charge is -2.11. The van der Waals surface area contributed by atoms with E-state index < -0.39 is 0 Å². The number of unbranched alkanes of at least 4 members (excludes halogenated alkanes) is 2. The number of hydrogen-bond acceptors (Lipinski definition) is 1. The van der Waals surface area contributed by atoms with E-state index in [1.54, 1.807) is 0 Å². The Morgan fingerprint density at radius 2 is 1.60 bits per heavy atom. The lowest BCUT2D eigenvalue weighted by atomic mass is 9.92. The van der Waals surface area contributed by atoms with Gasteiger partial charge in [0.05, 0.1) is 0 Å². The molecule has 1 aliphatic carbocycles. The van der Waals surface area contributed by atoms with Crippen LogP contribution < -0.4 is 0 Å². The van der Waals surface area contributed by atoms with Crippen LogP contribution in [0.2, 0.25) is 0 Å². The van der Waals surface area contributed by atoms with Gasteiger partial charge in [-0.25, -0.2) is 0 Å². The summed E-state index contributed by atoms with van der Waals surface area (Å²) in [6, 6.07) is 16.4. The number of hydrogen-bond donors (Lipinski definition) is 0.